The third-order valence-electron chi connectivity index (χ3n) is 3.40. The Kier molecular flexibility index (Phi) is 4.17. The third kappa shape index (κ3) is 3.27. The zero-order valence-electron chi connectivity index (χ0n) is 12.7. The topological polar surface area (TPSA) is 47.9 Å². The number of aliphatic imine (C=N–C) groups is 1. The maximum absolute atomic E-state index is 12.0. The SMILES string of the molecule is COc1ccc(Cl)cc1/C=C1/N=C(c2ccc(C)cc2)OC1=O. The Balaban J connectivity index is 1.98. The van der Waals surface area contributed by atoms with Crippen LogP contribution >= 0.6 is 11.6 Å². The summed E-state index contributed by atoms with van der Waals surface area (Å²) in [6, 6.07) is 12.8. The predicted octanol–water partition coefficient (Wildman–Crippen LogP) is 4.00. The maximum atomic E-state index is 12.0. The van der Waals surface area contributed by atoms with E-state index in [1.54, 1.807) is 31.4 Å². The summed E-state index contributed by atoms with van der Waals surface area (Å²) in [5, 5.41) is 0.548. The third-order valence-corrected chi connectivity index (χ3v) is 3.64. The minimum atomic E-state index is -0.498. The number of aryl methyl sites for hydroxylation is 1. The lowest BCUT2D eigenvalue weighted by Crippen LogP contribution is -2.05. The molecule has 0 unspecified atom stereocenters. The second kappa shape index (κ2) is 6.26. The fourth-order valence-electron chi connectivity index (χ4n) is 2.19. The lowest BCUT2D eigenvalue weighted by Gasteiger charge is -2.04. The standard InChI is InChI=1S/C18H14ClNO3/c1-11-3-5-12(6-4-11)17-20-15(18(21)23-17)10-13-9-14(19)7-8-16(13)22-2/h3-10H,1-2H3/b15-10+. The Hall–Kier alpha value is -2.59. The zero-order chi connectivity index (χ0) is 16.4. The Bertz CT molecular complexity index is 823. The van der Waals surface area contributed by atoms with Gasteiger partial charge in [-0.3, -0.25) is 0 Å². The molecule has 0 aromatic heterocycles. The van der Waals surface area contributed by atoms with E-state index in [-0.39, 0.29) is 5.70 Å². The smallest absolute Gasteiger partial charge is 0.363 e. The van der Waals surface area contributed by atoms with Crippen LogP contribution in [0.3, 0.4) is 0 Å². The summed E-state index contributed by atoms with van der Waals surface area (Å²) in [5.41, 5.74) is 2.76. The highest BCUT2D eigenvalue weighted by molar-refractivity contribution is 6.30. The quantitative estimate of drug-likeness (QED) is 0.632. The highest BCUT2D eigenvalue weighted by Crippen LogP contribution is 2.27. The number of esters is 1. The van der Waals surface area contributed by atoms with Gasteiger partial charge < -0.3 is 9.47 Å². The van der Waals surface area contributed by atoms with Crippen molar-refractivity contribution in [3.05, 3.63) is 69.9 Å². The van der Waals surface area contributed by atoms with Gasteiger partial charge in [-0.05, 0) is 43.3 Å². The van der Waals surface area contributed by atoms with Crippen molar-refractivity contribution in [2.24, 2.45) is 4.99 Å². The molecule has 0 atom stereocenters. The largest absolute Gasteiger partial charge is 0.496 e. The van der Waals surface area contributed by atoms with Crippen molar-refractivity contribution in [3.8, 4) is 5.75 Å². The number of halogens is 1. The van der Waals surface area contributed by atoms with Crippen molar-refractivity contribution in [1.29, 1.82) is 0 Å². The molecular formula is C18H14ClNO3. The number of hydrogen-bond donors (Lipinski definition) is 0. The van der Waals surface area contributed by atoms with Gasteiger partial charge in [0.1, 0.15) is 5.75 Å². The number of cyclic esters (lactones) is 1. The van der Waals surface area contributed by atoms with Gasteiger partial charge in [0.05, 0.1) is 7.11 Å². The van der Waals surface area contributed by atoms with Gasteiger partial charge >= 0.3 is 5.97 Å². The number of nitrogens with zero attached hydrogens (tertiary/aromatic N) is 1. The molecule has 0 saturated heterocycles. The molecule has 1 aliphatic rings. The number of rotatable bonds is 3. The maximum Gasteiger partial charge on any atom is 0.363 e. The van der Waals surface area contributed by atoms with Crippen molar-refractivity contribution in [2.75, 3.05) is 7.11 Å². The van der Waals surface area contributed by atoms with Crippen molar-refractivity contribution < 1.29 is 14.3 Å². The Morgan fingerprint density at radius 2 is 1.91 bits per heavy atom. The van der Waals surface area contributed by atoms with Crippen LogP contribution in [-0.2, 0) is 9.53 Å². The molecule has 1 aliphatic heterocycles. The molecule has 3 rings (SSSR count). The van der Waals surface area contributed by atoms with Crippen LogP contribution in [0, 0.1) is 6.92 Å². The molecule has 0 saturated carbocycles. The molecule has 0 amide bonds. The van der Waals surface area contributed by atoms with Crippen LogP contribution in [0.2, 0.25) is 5.02 Å². The minimum absolute atomic E-state index is 0.209. The molecule has 23 heavy (non-hydrogen) atoms. The first kappa shape index (κ1) is 15.3. The van der Waals surface area contributed by atoms with E-state index < -0.39 is 5.97 Å². The van der Waals surface area contributed by atoms with Crippen molar-refractivity contribution in [2.45, 2.75) is 6.92 Å². The van der Waals surface area contributed by atoms with Crippen molar-refractivity contribution in [3.63, 3.8) is 0 Å². The first-order chi connectivity index (χ1) is 11.1. The monoisotopic (exact) mass is 327 g/mol. The van der Waals surface area contributed by atoms with Crippen LogP contribution in [-0.4, -0.2) is 19.0 Å². The number of carbonyl (C=O) groups excluding carboxylic acids is 1. The van der Waals surface area contributed by atoms with Gasteiger partial charge in [-0.25, -0.2) is 9.79 Å². The van der Waals surface area contributed by atoms with Crippen LogP contribution in [0.25, 0.3) is 6.08 Å². The fraction of sp³-hybridized carbons (Fsp3) is 0.111. The molecule has 1 heterocycles. The van der Waals surface area contributed by atoms with Crippen molar-refractivity contribution >= 4 is 29.5 Å². The van der Waals surface area contributed by atoms with E-state index in [0.29, 0.717) is 22.2 Å². The number of benzene rings is 2. The normalized spacial score (nSPS) is 15.5. The van der Waals surface area contributed by atoms with Gasteiger partial charge in [0.2, 0.25) is 5.90 Å². The van der Waals surface area contributed by atoms with Gasteiger partial charge in [-0.1, -0.05) is 29.3 Å². The molecule has 116 valence electrons. The number of hydrogen-bond acceptors (Lipinski definition) is 4. The summed E-state index contributed by atoms with van der Waals surface area (Å²) >= 11 is 6.00. The number of methoxy groups -OCH3 is 1. The van der Waals surface area contributed by atoms with Crippen molar-refractivity contribution in [1.82, 2.24) is 0 Å². The summed E-state index contributed by atoms with van der Waals surface area (Å²) in [7, 11) is 1.55. The highest BCUT2D eigenvalue weighted by atomic mass is 35.5. The molecule has 4 nitrogen and oxygen atoms in total. The van der Waals surface area contributed by atoms with E-state index >= 15 is 0 Å². The van der Waals surface area contributed by atoms with Gasteiger partial charge in [0.25, 0.3) is 0 Å². The Morgan fingerprint density at radius 1 is 1.17 bits per heavy atom. The average molecular weight is 328 g/mol. The molecule has 0 fully saturated rings. The molecule has 2 aromatic carbocycles. The fourth-order valence-corrected chi connectivity index (χ4v) is 2.37. The minimum Gasteiger partial charge on any atom is -0.496 e. The zero-order valence-corrected chi connectivity index (χ0v) is 13.4. The second-order valence-electron chi connectivity index (χ2n) is 5.09. The summed E-state index contributed by atoms with van der Waals surface area (Å²) in [4.78, 5) is 16.3. The summed E-state index contributed by atoms with van der Waals surface area (Å²) in [5.74, 6) is 0.401. The molecule has 0 spiro atoms. The van der Waals surface area contributed by atoms with E-state index in [1.165, 1.54) is 0 Å². The molecule has 5 heteroatoms. The molecule has 0 bridgehead atoms. The first-order valence-electron chi connectivity index (χ1n) is 7.00. The Labute approximate surface area is 139 Å². The van der Waals surface area contributed by atoms with E-state index in [0.717, 1.165) is 11.1 Å². The summed E-state index contributed by atoms with van der Waals surface area (Å²) in [6.45, 7) is 1.99. The first-order valence-corrected chi connectivity index (χ1v) is 7.38. The van der Waals surface area contributed by atoms with E-state index in [1.807, 2.05) is 31.2 Å². The second-order valence-corrected chi connectivity index (χ2v) is 5.52. The summed E-state index contributed by atoms with van der Waals surface area (Å²) in [6.07, 6.45) is 1.61. The number of ether oxygens (including phenoxy) is 2. The van der Waals surface area contributed by atoms with E-state index in [4.69, 9.17) is 21.1 Å². The average Bonchev–Trinajstić information content (AvgIpc) is 2.89. The Morgan fingerprint density at radius 3 is 2.61 bits per heavy atom. The van der Waals surface area contributed by atoms with Crippen LogP contribution in [0.1, 0.15) is 16.7 Å². The molecule has 0 radical (unpaired) electrons. The number of carbonyl (C=O) groups is 1. The summed E-state index contributed by atoms with van der Waals surface area (Å²) < 4.78 is 10.5. The van der Waals surface area contributed by atoms with Crippen LogP contribution < -0.4 is 4.74 Å². The molecule has 0 aliphatic carbocycles. The molecule has 0 N–H and O–H groups in total. The van der Waals surface area contributed by atoms with Crippen LogP contribution in [0.15, 0.2) is 53.2 Å². The van der Waals surface area contributed by atoms with Gasteiger partial charge in [-0.2, -0.15) is 0 Å². The van der Waals surface area contributed by atoms with Crippen LogP contribution in [0.5, 0.6) is 5.75 Å². The van der Waals surface area contributed by atoms with E-state index in [9.17, 15) is 4.79 Å². The van der Waals surface area contributed by atoms with Crippen LogP contribution in [0.4, 0.5) is 0 Å². The lowest BCUT2D eigenvalue weighted by atomic mass is 10.1. The van der Waals surface area contributed by atoms with Gasteiger partial charge in [-0.15, -0.1) is 0 Å². The van der Waals surface area contributed by atoms with Gasteiger partial charge in [0, 0.05) is 16.1 Å². The van der Waals surface area contributed by atoms with Gasteiger partial charge in [0.15, 0.2) is 5.70 Å². The molecular weight excluding hydrogens is 314 g/mol. The predicted molar refractivity (Wildman–Crippen MR) is 89.8 cm³/mol. The highest BCUT2D eigenvalue weighted by Gasteiger charge is 2.24. The lowest BCUT2D eigenvalue weighted by molar-refractivity contribution is -0.129. The molecule has 2 aromatic rings. The van der Waals surface area contributed by atoms with E-state index in [2.05, 4.69) is 4.99 Å².